The van der Waals surface area contributed by atoms with Crippen LogP contribution in [-0.2, 0) is 0 Å². The first-order valence-corrected chi connectivity index (χ1v) is 9.17. The number of ether oxygens (including phenoxy) is 1. The van der Waals surface area contributed by atoms with Crippen LogP contribution in [-0.4, -0.2) is 0 Å². The normalized spacial score (nSPS) is 12.4. The van der Waals surface area contributed by atoms with Gasteiger partial charge < -0.3 is 10.1 Å². The van der Waals surface area contributed by atoms with Crippen LogP contribution in [0.4, 0.5) is 11.4 Å². The van der Waals surface area contributed by atoms with Crippen molar-refractivity contribution in [2.75, 3.05) is 5.32 Å². The molecule has 0 atom stereocenters. The Balaban J connectivity index is 1.71. The third-order valence-corrected chi connectivity index (χ3v) is 6.39. The zero-order valence-corrected chi connectivity index (χ0v) is 15.6. The average molecular weight is 441 g/mol. The molecule has 1 aliphatic heterocycles. The second kappa shape index (κ2) is 5.23. The van der Waals surface area contributed by atoms with Crippen LogP contribution in [0.3, 0.4) is 0 Å². The van der Waals surface area contributed by atoms with Crippen LogP contribution in [0.1, 0.15) is 0 Å². The van der Waals surface area contributed by atoms with Gasteiger partial charge in [-0.15, -0.1) is 0 Å². The third kappa shape index (κ3) is 2.14. The van der Waals surface area contributed by atoms with Crippen molar-refractivity contribution in [3.8, 4) is 11.5 Å². The summed E-state index contributed by atoms with van der Waals surface area (Å²) >= 11 is 7.22. The molecule has 24 heavy (non-hydrogen) atoms. The molecule has 0 spiro atoms. The fourth-order valence-corrected chi connectivity index (χ4v) is 3.96. The van der Waals surface area contributed by atoms with Gasteiger partial charge in [-0.05, 0) is 83.7 Å². The van der Waals surface area contributed by atoms with E-state index >= 15 is 0 Å². The van der Waals surface area contributed by atoms with Crippen molar-refractivity contribution in [2.45, 2.75) is 0 Å². The largest absolute Gasteiger partial charge is 0.453 e. The molecular weight excluding hydrogens is 430 g/mol. The predicted octanol–water partition coefficient (Wildman–Crippen LogP) is 7.37. The first-order chi connectivity index (χ1) is 11.7. The first kappa shape index (κ1) is 14.3. The number of nitrogens with one attached hydrogen (secondary N) is 1. The molecule has 4 aromatic carbocycles. The van der Waals surface area contributed by atoms with E-state index in [1.54, 1.807) is 0 Å². The summed E-state index contributed by atoms with van der Waals surface area (Å²) in [5.74, 6) is 1.70. The van der Waals surface area contributed by atoms with Crippen molar-refractivity contribution in [3.05, 3.63) is 69.6 Å². The number of hydrogen-bond acceptors (Lipinski definition) is 2. The lowest BCUT2D eigenvalue weighted by atomic mass is 10.1. The zero-order chi connectivity index (χ0) is 16.3. The summed E-state index contributed by atoms with van der Waals surface area (Å²) in [6.07, 6.45) is 0. The molecule has 116 valence electrons. The second-order valence-corrected chi connectivity index (χ2v) is 7.50. The number of anilines is 2. The second-order valence-electron chi connectivity index (χ2n) is 5.85. The van der Waals surface area contributed by atoms with Gasteiger partial charge in [0.25, 0.3) is 0 Å². The van der Waals surface area contributed by atoms with Gasteiger partial charge in [-0.2, -0.15) is 0 Å². The van der Waals surface area contributed by atoms with Gasteiger partial charge in [-0.3, -0.25) is 0 Å². The van der Waals surface area contributed by atoms with Gasteiger partial charge in [0.05, 0.1) is 11.4 Å². The van der Waals surface area contributed by atoms with Crippen LogP contribution >= 0.6 is 31.9 Å². The molecule has 0 aliphatic carbocycles. The minimum absolute atomic E-state index is 0.847. The maximum atomic E-state index is 6.17. The molecule has 0 aromatic heterocycles. The van der Waals surface area contributed by atoms with Crippen LogP contribution in [0, 0.1) is 0 Å². The highest BCUT2D eigenvalue weighted by atomic mass is 79.9. The average Bonchev–Trinajstić information content (AvgIpc) is 2.60. The minimum atomic E-state index is 0.847. The quantitative estimate of drug-likeness (QED) is 0.271. The lowest BCUT2D eigenvalue weighted by Crippen LogP contribution is -2.03. The highest BCUT2D eigenvalue weighted by molar-refractivity contribution is 9.13. The van der Waals surface area contributed by atoms with Gasteiger partial charge in [0.1, 0.15) is 0 Å². The summed E-state index contributed by atoms with van der Waals surface area (Å²) in [7, 11) is 0. The highest BCUT2D eigenvalue weighted by Gasteiger charge is 2.19. The molecule has 1 aliphatic rings. The first-order valence-electron chi connectivity index (χ1n) is 7.58. The van der Waals surface area contributed by atoms with Gasteiger partial charge in [0.2, 0.25) is 0 Å². The lowest BCUT2D eigenvalue weighted by Gasteiger charge is -2.23. The van der Waals surface area contributed by atoms with E-state index in [9.17, 15) is 0 Å². The molecule has 0 saturated heterocycles. The molecule has 0 amide bonds. The Hall–Kier alpha value is -2.04. The zero-order valence-electron chi connectivity index (χ0n) is 12.4. The summed E-state index contributed by atoms with van der Waals surface area (Å²) in [5.41, 5.74) is 1.97. The van der Waals surface area contributed by atoms with Crippen LogP contribution in [0.5, 0.6) is 11.5 Å². The van der Waals surface area contributed by atoms with Gasteiger partial charge in [-0.25, -0.2) is 0 Å². The molecule has 4 heteroatoms. The van der Waals surface area contributed by atoms with Gasteiger partial charge in [0, 0.05) is 8.95 Å². The Morgan fingerprint density at radius 2 is 1.38 bits per heavy atom. The molecule has 1 heterocycles. The van der Waals surface area contributed by atoms with E-state index in [0.29, 0.717) is 0 Å². The summed E-state index contributed by atoms with van der Waals surface area (Å²) in [6, 6.07) is 20.8. The van der Waals surface area contributed by atoms with Gasteiger partial charge in [-0.1, -0.05) is 30.3 Å². The number of hydrogen-bond donors (Lipinski definition) is 1. The monoisotopic (exact) mass is 439 g/mol. The lowest BCUT2D eigenvalue weighted by molar-refractivity contribution is 0.482. The summed E-state index contributed by atoms with van der Waals surface area (Å²) in [4.78, 5) is 0. The maximum Gasteiger partial charge on any atom is 0.151 e. The van der Waals surface area contributed by atoms with E-state index in [0.717, 1.165) is 42.6 Å². The van der Waals surface area contributed by atoms with E-state index in [4.69, 9.17) is 4.74 Å². The Morgan fingerprint density at radius 1 is 0.708 bits per heavy atom. The Kier molecular flexibility index (Phi) is 3.12. The van der Waals surface area contributed by atoms with E-state index < -0.39 is 0 Å². The summed E-state index contributed by atoms with van der Waals surface area (Å²) in [5, 5.41) is 8.16. The smallest absolute Gasteiger partial charge is 0.151 e. The number of benzene rings is 4. The van der Waals surface area contributed by atoms with Crippen LogP contribution < -0.4 is 10.1 Å². The van der Waals surface area contributed by atoms with Gasteiger partial charge in [0.15, 0.2) is 11.5 Å². The highest BCUT2D eigenvalue weighted by Crippen LogP contribution is 2.46. The van der Waals surface area contributed by atoms with Crippen molar-refractivity contribution in [3.63, 3.8) is 0 Å². The molecule has 1 N–H and O–H groups in total. The summed E-state index contributed by atoms with van der Waals surface area (Å²) in [6.45, 7) is 0. The molecule has 5 rings (SSSR count). The predicted molar refractivity (Wildman–Crippen MR) is 107 cm³/mol. The summed E-state index contributed by atoms with van der Waals surface area (Å²) < 4.78 is 8.26. The van der Waals surface area contributed by atoms with Crippen molar-refractivity contribution < 1.29 is 4.74 Å². The van der Waals surface area contributed by atoms with Gasteiger partial charge >= 0.3 is 0 Å². The van der Waals surface area contributed by atoms with Crippen LogP contribution in [0.25, 0.3) is 21.5 Å². The Morgan fingerprint density at radius 3 is 2.17 bits per heavy atom. The van der Waals surface area contributed by atoms with E-state index in [-0.39, 0.29) is 0 Å². The molecule has 0 fully saturated rings. The number of rotatable bonds is 0. The SMILES string of the molecule is Brc1ccc2cc3c(cc2c1Br)Nc1cc2ccccc2cc1O3. The minimum Gasteiger partial charge on any atom is -0.453 e. The third-order valence-electron chi connectivity index (χ3n) is 4.34. The molecule has 4 aromatic rings. The van der Waals surface area contributed by atoms with E-state index in [2.05, 4.69) is 85.7 Å². The molecule has 0 unspecified atom stereocenters. The number of halogens is 2. The van der Waals surface area contributed by atoms with E-state index in [1.807, 2.05) is 12.1 Å². The van der Waals surface area contributed by atoms with Crippen molar-refractivity contribution in [1.82, 2.24) is 0 Å². The molecule has 2 nitrogen and oxygen atoms in total. The molecule has 0 radical (unpaired) electrons. The van der Waals surface area contributed by atoms with Crippen LogP contribution in [0.15, 0.2) is 69.6 Å². The van der Waals surface area contributed by atoms with E-state index in [1.165, 1.54) is 10.8 Å². The molecule has 0 saturated carbocycles. The fraction of sp³-hybridized carbons (Fsp3) is 0. The van der Waals surface area contributed by atoms with Crippen molar-refractivity contribution in [2.24, 2.45) is 0 Å². The Bertz CT molecular complexity index is 1140. The van der Waals surface area contributed by atoms with Crippen LogP contribution in [0.2, 0.25) is 0 Å². The van der Waals surface area contributed by atoms with Crippen molar-refractivity contribution >= 4 is 64.8 Å². The fourth-order valence-electron chi connectivity index (χ4n) is 3.14. The Labute approximate surface area is 155 Å². The standard InChI is InChI=1S/C20H11Br2NO/c21-15-6-5-13-9-19-17(10-14(13)20(15)22)23-16-7-11-3-1-2-4-12(11)8-18(16)24-19/h1-10,23H. The molecular formula is C20H11Br2NO. The topological polar surface area (TPSA) is 21.3 Å². The molecule has 0 bridgehead atoms. The maximum absolute atomic E-state index is 6.17. The number of fused-ring (bicyclic) bond motifs is 4. The van der Waals surface area contributed by atoms with Crippen molar-refractivity contribution in [1.29, 1.82) is 0 Å².